The molecule has 0 bridgehead atoms. The monoisotopic (exact) mass is 291 g/mol. The van der Waals surface area contributed by atoms with Crippen molar-refractivity contribution >= 4 is 11.6 Å². The second-order valence-corrected chi connectivity index (χ2v) is 5.88. The molecule has 21 heavy (non-hydrogen) atoms. The van der Waals surface area contributed by atoms with Gasteiger partial charge in [0.05, 0.1) is 0 Å². The number of nitrogens with zero attached hydrogens (tertiary/aromatic N) is 4. The zero-order valence-corrected chi connectivity index (χ0v) is 14.1. The third-order valence-corrected chi connectivity index (χ3v) is 4.40. The van der Waals surface area contributed by atoms with Crippen LogP contribution >= 0.6 is 0 Å². The smallest absolute Gasteiger partial charge is 0.137 e. The molecule has 0 radical (unpaired) electrons. The van der Waals surface area contributed by atoms with E-state index in [1.54, 1.807) is 0 Å². The number of nitrogens with one attached hydrogen (secondary N) is 1. The van der Waals surface area contributed by atoms with Gasteiger partial charge in [0.1, 0.15) is 17.5 Å². The molecular formula is C16H29N5. The molecule has 0 saturated carbocycles. The quantitative estimate of drug-likeness (QED) is 0.903. The number of anilines is 2. The van der Waals surface area contributed by atoms with Crippen LogP contribution in [0.3, 0.4) is 0 Å². The summed E-state index contributed by atoms with van der Waals surface area (Å²) in [6.07, 6.45) is 1.22. The minimum Gasteiger partial charge on any atom is -0.370 e. The SMILES string of the molecule is CCNc1nc(C)nc(N2CCN(C(C)CC)CC2)c1C. The van der Waals surface area contributed by atoms with E-state index in [2.05, 4.69) is 52.8 Å². The second kappa shape index (κ2) is 7.07. The summed E-state index contributed by atoms with van der Waals surface area (Å²) >= 11 is 0. The maximum Gasteiger partial charge on any atom is 0.137 e. The Bertz CT molecular complexity index is 466. The van der Waals surface area contributed by atoms with E-state index in [1.807, 2.05) is 6.92 Å². The third kappa shape index (κ3) is 3.64. The van der Waals surface area contributed by atoms with Crippen molar-refractivity contribution in [3.8, 4) is 0 Å². The Kier molecular flexibility index (Phi) is 5.39. The fourth-order valence-corrected chi connectivity index (χ4v) is 2.89. The van der Waals surface area contributed by atoms with Gasteiger partial charge in [0.25, 0.3) is 0 Å². The van der Waals surface area contributed by atoms with E-state index >= 15 is 0 Å². The lowest BCUT2D eigenvalue weighted by molar-refractivity contribution is 0.192. The van der Waals surface area contributed by atoms with Gasteiger partial charge in [-0.15, -0.1) is 0 Å². The third-order valence-electron chi connectivity index (χ3n) is 4.40. The summed E-state index contributed by atoms with van der Waals surface area (Å²) < 4.78 is 0. The van der Waals surface area contributed by atoms with Crippen LogP contribution in [-0.4, -0.2) is 53.6 Å². The highest BCUT2D eigenvalue weighted by atomic mass is 15.3. The van der Waals surface area contributed by atoms with Gasteiger partial charge in [0.15, 0.2) is 0 Å². The van der Waals surface area contributed by atoms with E-state index in [-0.39, 0.29) is 0 Å². The first-order valence-corrected chi connectivity index (χ1v) is 8.14. The molecule has 1 aliphatic rings. The number of hydrogen-bond acceptors (Lipinski definition) is 5. The van der Waals surface area contributed by atoms with Gasteiger partial charge >= 0.3 is 0 Å². The van der Waals surface area contributed by atoms with Gasteiger partial charge in [-0.1, -0.05) is 6.92 Å². The maximum absolute atomic E-state index is 4.69. The van der Waals surface area contributed by atoms with Gasteiger partial charge in [0.2, 0.25) is 0 Å². The molecule has 1 aromatic rings. The van der Waals surface area contributed by atoms with Gasteiger partial charge in [-0.25, -0.2) is 9.97 Å². The van der Waals surface area contributed by atoms with Crippen LogP contribution in [0.5, 0.6) is 0 Å². The minimum atomic E-state index is 0.678. The molecule has 1 saturated heterocycles. The molecule has 1 fully saturated rings. The Balaban J connectivity index is 2.13. The Labute approximate surface area is 128 Å². The largest absolute Gasteiger partial charge is 0.370 e. The lowest BCUT2D eigenvalue weighted by Crippen LogP contribution is -2.50. The number of rotatable bonds is 5. The standard InChI is InChI=1S/C16H29N5/c1-6-12(3)20-8-10-21(11-9-20)16-13(4)15(17-7-2)18-14(5)19-16/h12H,6-11H2,1-5H3,(H,17,18,19). The maximum atomic E-state index is 4.69. The summed E-state index contributed by atoms with van der Waals surface area (Å²) in [5.74, 6) is 2.92. The molecule has 1 atom stereocenters. The number of hydrogen-bond donors (Lipinski definition) is 1. The van der Waals surface area contributed by atoms with E-state index in [1.165, 1.54) is 12.0 Å². The fourth-order valence-electron chi connectivity index (χ4n) is 2.89. The average Bonchev–Trinajstić information content (AvgIpc) is 2.50. The fraction of sp³-hybridized carbons (Fsp3) is 0.750. The van der Waals surface area contributed by atoms with Crippen LogP contribution in [0.2, 0.25) is 0 Å². The van der Waals surface area contributed by atoms with Gasteiger partial charge < -0.3 is 10.2 Å². The number of aryl methyl sites for hydroxylation is 1. The molecule has 0 aromatic carbocycles. The average molecular weight is 291 g/mol. The van der Waals surface area contributed by atoms with Crippen molar-refractivity contribution < 1.29 is 0 Å². The summed E-state index contributed by atoms with van der Waals surface area (Å²) in [5.41, 5.74) is 1.17. The predicted molar refractivity (Wildman–Crippen MR) is 89.2 cm³/mol. The highest BCUT2D eigenvalue weighted by Gasteiger charge is 2.23. The van der Waals surface area contributed by atoms with Crippen LogP contribution < -0.4 is 10.2 Å². The molecule has 2 heterocycles. The van der Waals surface area contributed by atoms with E-state index in [9.17, 15) is 0 Å². The van der Waals surface area contributed by atoms with Crippen molar-refractivity contribution in [1.82, 2.24) is 14.9 Å². The van der Waals surface area contributed by atoms with Crippen LogP contribution in [0.4, 0.5) is 11.6 Å². The van der Waals surface area contributed by atoms with E-state index in [4.69, 9.17) is 0 Å². The first-order valence-electron chi connectivity index (χ1n) is 8.14. The summed E-state index contributed by atoms with van der Waals surface area (Å²) in [6, 6.07) is 0.678. The zero-order chi connectivity index (χ0) is 15.4. The molecule has 1 unspecified atom stereocenters. The van der Waals surface area contributed by atoms with Crippen LogP contribution in [0.25, 0.3) is 0 Å². The van der Waals surface area contributed by atoms with Crippen molar-refractivity contribution in [1.29, 1.82) is 0 Å². The van der Waals surface area contributed by atoms with Crippen molar-refractivity contribution in [3.63, 3.8) is 0 Å². The summed E-state index contributed by atoms with van der Waals surface area (Å²) in [5, 5.41) is 3.34. The Morgan fingerprint density at radius 2 is 1.76 bits per heavy atom. The topological polar surface area (TPSA) is 44.3 Å². The van der Waals surface area contributed by atoms with Crippen LogP contribution in [-0.2, 0) is 0 Å². The lowest BCUT2D eigenvalue weighted by atomic mass is 10.2. The van der Waals surface area contributed by atoms with Gasteiger partial charge in [0, 0.05) is 44.3 Å². The number of aromatic nitrogens is 2. The molecule has 1 aliphatic heterocycles. The van der Waals surface area contributed by atoms with E-state index in [0.717, 1.165) is 50.2 Å². The molecular weight excluding hydrogens is 262 g/mol. The normalized spacial score (nSPS) is 17.9. The molecule has 118 valence electrons. The number of piperazine rings is 1. The molecule has 5 heteroatoms. The van der Waals surface area contributed by atoms with Crippen molar-refractivity contribution in [3.05, 3.63) is 11.4 Å². The highest BCUT2D eigenvalue weighted by Crippen LogP contribution is 2.25. The van der Waals surface area contributed by atoms with Crippen molar-refractivity contribution in [2.24, 2.45) is 0 Å². The highest BCUT2D eigenvalue weighted by molar-refractivity contribution is 5.58. The molecule has 5 nitrogen and oxygen atoms in total. The molecule has 0 aliphatic carbocycles. The Morgan fingerprint density at radius 1 is 1.10 bits per heavy atom. The van der Waals surface area contributed by atoms with Crippen LogP contribution in [0.1, 0.15) is 38.6 Å². The molecule has 0 spiro atoms. The van der Waals surface area contributed by atoms with Crippen molar-refractivity contribution in [2.45, 2.75) is 47.1 Å². The molecule has 2 rings (SSSR count). The van der Waals surface area contributed by atoms with Gasteiger partial charge in [-0.3, -0.25) is 4.90 Å². The van der Waals surface area contributed by atoms with E-state index in [0.29, 0.717) is 6.04 Å². The zero-order valence-electron chi connectivity index (χ0n) is 14.1. The molecule has 1 aromatic heterocycles. The second-order valence-electron chi connectivity index (χ2n) is 5.88. The predicted octanol–water partition coefficient (Wildman–Crippen LogP) is 2.45. The minimum absolute atomic E-state index is 0.678. The molecule has 1 N–H and O–H groups in total. The Morgan fingerprint density at radius 3 is 2.33 bits per heavy atom. The molecule has 0 amide bonds. The van der Waals surface area contributed by atoms with Crippen LogP contribution in [0, 0.1) is 13.8 Å². The Hall–Kier alpha value is -1.36. The summed E-state index contributed by atoms with van der Waals surface area (Å²) in [4.78, 5) is 14.2. The van der Waals surface area contributed by atoms with Gasteiger partial charge in [-0.2, -0.15) is 0 Å². The first kappa shape index (κ1) is 16.0. The summed E-state index contributed by atoms with van der Waals surface area (Å²) in [6.45, 7) is 16.0. The van der Waals surface area contributed by atoms with Crippen LogP contribution in [0.15, 0.2) is 0 Å². The van der Waals surface area contributed by atoms with Crippen molar-refractivity contribution in [2.75, 3.05) is 42.9 Å². The van der Waals surface area contributed by atoms with E-state index < -0.39 is 0 Å². The summed E-state index contributed by atoms with van der Waals surface area (Å²) in [7, 11) is 0. The first-order chi connectivity index (χ1) is 10.1. The lowest BCUT2D eigenvalue weighted by Gasteiger charge is -2.39. The van der Waals surface area contributed by atoms with Gasteiger partial charge in [-0.05, 0) is 34.1 Å².